The van der Waals surface area contributed by atoms with E-state index in [9.17, 15) is 19.2 Å². The second-order valence-corrected chi connectivity index (χ2v) is 9.74. The summed E-state index contributed by atoms with van der Waals surface area (Å²) in [5.41, 5.74) is 0.375. The maximum absolute atomic E-state index is 12.4. The zero-order chi connectivity index (χ0) is 29.9. The van der Waals surface area contributed by atoms with Crippen molar-refractivity contribution in [2.45, 2.75) is 84.9 Å². The van der Waals surface area contributed by atoms with Crippen LogP contribution in [0.15, 0.2) is 36.7 Å². The van der Waals surface area contributed by atoms with E-state index in [-0.39, 0.29) is 50.2 Å². The van der Waals surface area contributed by atoms with E-state index in [0.717, 1.165) is 13.0 Å². The number of esters is 3. The molecule has 0 fully saturated rings. The highest BCUT2D eigenvalue weighted by molar-refractivity contribution is 5.87. The zero-order valence-electron chi connectivity index (χ0n) is 24.5. The molecule has 226 valence electrons. The van der Waals surface area contributed by atoms with Gasteiger partial charge in [-0.05, 0) is 27.2 Å². The number of carbonyl (C=O) groups is 4. The van der Waals surface area contributed by atoms with Crippen LogP contribution in [0.3, 0.4) is 0 Å². The fourth-order valence-electron chi connectivity index (χ4n) is 3.65. The molecule has 0 spiro atoms. The first kappa shape index (κ1) is 34.5. The maximum atomic E-state index is 12.4. The molecule has 0 N–H and O–H groups in total. The predicted octanol–water partition coefficient (Wildman–Crippen LogP) is 4.48. The minimum Gasteiger partial charge on any atom is -0.462 e. The Morgan fingerprint density at radius 2 is 1.32 bits per heavy atom. The third-order valence-corrected chi connectivity index (χ3v) is 6.08. The molecule has 1 aliphatic rings. The number of nitrogens with zero attached hydrogens (tertiary/aromatic N) is 2. The van der Waals surface area contributed by atoms with Crippen molar-refractivity contribution < 1.29 is 42.9 Å². The highest BCUT2D eigenvalue weighted by Crippen LogP contribution is 2.17. The Kier molecular flexibility index (Phi) is 16.9. The Labute approximate surface area is 238 Å². The first-order valence-corrected chi connectivity index (χ1v) is 13.9. The van der Waals surface area contributed by atoms with Crippen molar-refractivity contribution in [2.75, 3.05) is 39.5 Å². The van der Waals surface area contributed by atoms with Crippen LogP contribution in [0, 0.1) is 0 Å². The molecule has 0 saturated carbocycles. The van der Waals surface area contributed by atoms with Gasteiger partial charge < -0.3 is 33.5 Å². The Morgan fingerprint density at radius 1 is 0.775 bits per heavy atom. The van der Waals surface area contributed by atoms with Crippen LogP contribution in [0.25, 0.3) is 0 Å². The van der Waals surface area contributed by atoms with E-state index in [2.05, 4.69) is 36.8 Å². The summed E-state index contributed by atoms with van der Waals surface area (Å²) in [5, 5.41) is 0. The molecular formula is C29H46N2O9. The molecule has 11 nitrogen and oxygen atoms in total. The Hall–Kier alpha value is -3.50. The van der Waals surface area contributed by atoms with E-state index in [1.807, 2.05) is 12.4 Å². The zero-order valence-corrected chi connectivity index (χ0v) is 24.5. The molecular weight excluding hydrogens is 520 g/mol. The van der Waals surface area contributed by atoms with Crippen LogP contribution in [-0.4, -0.2) is 85.6 Å². The predicted molar refractivity (Wildman–Crippen MR) is 149 cm³/mol. The minimum absolute atomic E-state index is 0.121. The molecule has 0 aromatic rings. The fraction of sp³-hybridized carbons (Fsp3) is 0.655. The molecule has 40 heavy (non-hydrogen) atoms. The van der Waals surface area contributed by atoms with Crippen molar-refractivity contribution in [3.05, 3.63) is 36.7 Å². The molecule has 2 atom stereocenters. The van der Waals surface area contributed by atoms with Gasteiger partial charge >= 0.3 is 24.1 Å². The van der Waals surface area contributed by atoms with Gasteiger partial charge in [0.15, 0.2) is 6.10 Å². The number of rotatable bonds is 20. The number of ether oxygens (including phenoxy) is 5. The first-order valence-electron chi connectivity index (χ1n) is 13.9. The van der Waals surface area contributed by atoms with Gasteiger partial charge in [-0.2, -0.15) is 0 Å². The normalized spacial score (nSPS) is 14.8. The third-order valence-electron chi connectivity index (χ3n) is 6.08. The molecule has 0 aromatic heterocycles. The van der Waals surface area contributed by atoms with Gasteiger partial charge in [0.1, 0.15) is 26.4 Å². The summed E-state index contributed by atoms with van der Waals surface area (Å²) >= 11 is 0. The molecule has 0 saturated heterocycles. The van der Waals surface area contributed by atoms with E-state index < -0.39 is 30.2 Å². The van der Waals surface area contributed by atoms with Crippen LogP contribution >= 0.6 is 0 Å². The van der Waals surface area contributed by atoms with Crippen molar-refractivity contribution in [2.24, 2.45) is 0 Å². The maximum Gasteiger partial charge on any atom is 0.508 e. The average Bonchev–Trinajstić information content (AvgIpc) is 3.27. The molecule has 1 aliphatic heterocycles. The molecule has 11 heteroatoms. The highest BCUT2D eigenvalue weighted by Gasteiger charge is 2.24. The second kappa shape index (κ2) is 19.5. The van der Waals surface area contributed by atoms with E-state index in [0.29, 0.717) is 6.54 Å². The van der Waals surface area contributed by atoms with Crippen LogP contribution in [0.5, 0.6) is 0 Å². The third kappa shape index (κ3) is 14.6. The van der Waals surface area contributed by atoms with Crippen molar-refractivity contribution >= 4 is 24.1 Å². The van der Waals surface area contributed by atoms with Crippen LogP contribution in [0.1, 0.15) is 72.6 Å². The van der Waals surface area contributed by atoms with Crippen molar-refractivity contribution in [1.82, 2.24) is 9.80 Å². The first-order chi connectivity index (χ1) is 19.0. The molecule has 0 bridgehead atoms. The van der Waals surface area contributed by atoms with Gasteiger partial charge in [-0.3, -0.25) is 4.79 Å². The number of hydrogen-bond donors (Lipinski definition) is 0. The van der Waals surface area contributed by atoms with Crippen LogP contribution in [0.4, 0.5) is 4.79 Å². The Morgan fingerprint density at radius 3 is 1.98 bits per heavy atom. The van der Waals surface area contributed by atoms with Gasteiger partial charge in [0, 0.05) is 36.6 Å². The molecule has 0 aliphatic carbocycles. The Bertz CT molecular complexity index is 887. The van der Waals surface area contributed by atoms with Crippen LogP contribution in [-0.2, 0) is 38.1 Å². The summed E-state index contributed by atoms with van der Waals surface area (Å²) in [7, 11) is 0. The summed E-state index contributed by atoms with van der Waals surface area (Å²) in [6.45, 7) is 14.5. The number of unbranched alkanes of at least 4 members (excludes halogenated alkanes) is 5. The average molecular weight is 567 g/mol. The van der Waals surface area contributed by atoms with E-state index in [1.165, 1.54) is 46.0 Å². The van der Waals surface area contributed by atoms with Gasteiger partial charge in [0.05, 0.1) is 12.6 Å². The van der Waals surface area contributed by atoms with Gasteiger partial charge in [-0.15, -0.1) is 0 Å². The topological polar surface area (TPSA) is 121 Å². The molecule has 1 rings (SSSR count). The SMILES string of the molecule is C=C(C)C(=O)OCCOC(=O)OC(COC(=O)CCN1C=CN(CCCCCCCC)C1C)COC(=O)C(=C)C. The van der Waals surface area contributed by atoms with E-state index >= 15 is 0 Å². The summed E-state index contributed by atoms with van der Waals surface area (Å²) < 4.78 is 25.2. The summed E-state index contributed by atoms with van der Waals surface area (Å²) in [4.78, 5) is 51.9. The summed E-state index contributed by atoms with van der Waals surface area (Å²) in [6, 6.07) is 0. The summed E-state index contributed by atoms with van der Waals surface area (Å²) in [6.07, 6.45) is 9.50. The highest BCUT2D eigenvalue weighted by atomic mass is 16.7. The quantitative estimate of drug-likeness (QED) is 0.0898. The van der Waals surface area contributed by atoms with Crippen molar-refractivity contribution in [3.8, 4) is 0 Å². The summed E-state index contributed by atoms with van der Waals surface area (Å²) in [5.74, 6) is -1.78. The van der Waals surface area contributed by atoms with Gasteiger partial charge in [-0.25, -0.2) is 14.4 Å². The standard InChI is InChI=1S/C29H46N2O9/c1-7-8-9-10-11-12-14-30-16-17-31(24(30)6)15-13-26(32)38-20-25(21-39-28(34)23(4)5)40-29(35)37-19-18-36-27(33)22(2)3/h16-17,24-25H,2,4,7-15,18-21H2,1,3,5-6H3. The van der Waals surface area contributed by atoms with Crippen LogP contribution < -0.4 is 0 Å². The van der Waals surface area contributed by atoms with Crippen LogP contribution in [0.2, 0.25) is 0 Å². The molecule has 2 unspecified atom stereocenters. The lowest BCUT2D eigenvalue weighted by molar-refractivity contribution is -0.152. The molecule has 0 aromatic carbocycles. The Balaban J connectivity index is 2.43. The van der Waals surface area contributed by atoms with Gasteiger partial charge in [0.25, 0.3) is 0 Å². The fourth-order valence-corrected chi connectivity index (χ4v) is 3.65. The lowest BCUT2D eigenvalue weighted by Gasteiger charge is -2.29. The lowest BCUT2D eigenvalue weighted by atomic mass is 10.1. The van der Waals surface area contributed by atoms with Gasteiger partial charge in [0.2, 0.25) is 0 Å². The molecule has 0 amide bonds. The smallest absolute Gasteiger partial charge is 0.462 e. The number of carbonyl (C=O) groups excluding carboxylic acids is 4. The monoisotopic (exact) mass is 566 g/mol. The number of hydrogen-bond acceptors (Lipinski definition) is 11. The molecule has 1 heterocycles. The van der Waals surface area contributed by atoms with Gasteiger partial charge in [-0.1, -0.05) is 52.2 Å². The lowest BCUT2D eigenvalue weighted by Crippen LogP contribution is -2.37. The molecule has 0 radical (unpaired) electrons. The van der Waals surface area contributed by atoms with Crippen molar-refractivity contribution in [3.63, 3.8) is 0 Å². The largest absolute Gasteiger partial charge is 0.508 e. The minimum atomic E-state index is -1.10. The van der Waals surface area contributed by atoms with Crippen molar-refractivity contribution in [1.29, 1.82) is 0 Å². The van der Waals surface area contributed by atoms with E-state index in [1.54, 1.807) is 0 Å². The van der Waals surface area contributed by atoms with E-state index in [4.69, 9.17) is 23.7 Å². The second-order valence-electron chi connectivity index (χ2n) is 9.74.